The lowest BCUT2D eigenvalue weighted by atomic mass is 10.0. The number of hydrogen-bond acceptors (Lipinski definition) is 3. The van der Waals surface area contributed by atoms with Gasteiger partial charge in [0, 0.05) is 12.6 Å². The van der Waals surface area contributed by atoms with Gasteiger partial charge in [-0.05, 0) is 58.4 Å². The van der Waals surface area contributed by atoms with Crippen molar-refractivity contribution in [2.45, 2.75) is 64.8 Å². The molecule has 0 aromatic heterocycles. The fraction of sp³-hybridized carbons (Fsp3) is 1.00. The predicted molar refractivity (Wildman–Crippen MR) is 84.5 cm³/mol. The molecule has 0 radical (unpaired) electrons. The lowest BCUT2D eigenvalue weighted by molar-refractivity contribution is 0.106. The first-order valence-electron chi connectivity index (χ1n) is 8.48. The van der Waals surface area contributed by atoms with Crippen molar-refractivity contribution in [3.8, 4) is 0 Å². The zero-order valence-electron chi connectivity index (χ0n) is 13.2. The first-order chi connectivity index (χ1) is 9.31. The fourth-order valence-corrected chi connectivity index (χ4v) is 3.15. The predicted octanol–water partition coefficient (Wildman–Crippen LogP) is 2.70. The molecule has 1 aliphatic rings. The number of likely N-dealkylation sites (tertiary alicyclic amines) is 1. The first-order valence-corrected chi connectivity index (χ1v) is 8.48. The summed E-state index contributed by atoms with van der Waals surface area (Å²) in [5.41, 5.74) is 5.55. The normalized spacial score (nSPS) is 21.2. The smallest absolute Gasteiger partial charge is 0.0223 e. The molecule has 0 aromatic carbocycles. The number of hydrogen-bond donors (Lipinski definition) is 1. The lowest BCUT2D eigenvalue weighted by Crippen LogP contribution is -2.47. The second-order valence-corrected chi connectivity index (χ2v) is 5.87. The van der Waals surface area contributed by atoms with Crippen LogP contribution in [0.1, 0.15) is 58.8 Å². The summed E-state index contributed by atoms with van der Waals surface area (Å²) in [4.78, 5) is 5.33. The first kappa shape index (κ1) is 16.9. The van der Waals surface area contributed by atoms with E-state index in [1.165, 1.54) is 77.7 Å². The highest BCUT2D eigenvalue weighted by Crippen LogP contribution is 2.19. The minimum atomic E-state index is 0.808. The average Bonchev–Trinajstić information content (AvgIpc) is 2.45. The summed E-state index contributed by atoms with van der Waals surface area (Å²) in [6.07, 6.45) is 9.45. The summed E-state index contributed by atoms with van der Waals surface area (Å²) in [6.45, 7) is 11.7. The van der Waals surface area contributed by atoms with Crippen LogP contribution in [0, 0.1) is 0 Å². The van der Waals surface area contributed by atoms with Gasteiger partial charge in [-0.1, -0.05) is 33.1 Å². The number of likely N-dealkylation sites (N-methyl/N-ethyl adjacent to an activating group) is 1. The van der Waals surface area contributed by atoms with E-state index in [0.29, 0.717) is 0 Å². The second kappa shape index (κ2) is 10.6. The minimum absolute atomic E-state index is 0.808. The maximum Gasteiger partial charge on any atom is 0.0223 e. The summed E-state index contributed by atoms with van der Waals surface area (Å²) in [7, 11) is 0. The van der Waals surface area contributed by atoms with Crippen molar-refractivity contribution < 1.29 is 0 Å². The molecule has 0 aliphatic carbocycles. The molecule has 0 spiro atoms. The molecule has 1 unspecified atom stereocenters. The van der Waals surface area contributed by atoms with E-state index in [2.05, 4.69) is 23.6 Å². The Labute approximate surface area is 120 Å². The Morgan fingerprint density at radius 1 is 1.05 bits per heavy atom. The molecule has 0 bridgehead atoms. The monoisotopic (exact) mass is 269 g/mol. The Morgan fingerprint density at radius 2 is 1.79 bits per heavy atom. The van der Waals surface area contributed by atoms with E-state index >= 15 is 0 Å². The van der Waals surface area contributed by atoms with Crippen LogP contribution in [0.25, 0.3) is 0 Å². The molecule has 0 amide bonds. The highest BCUT2D eigenvalue weighted by atomic mass is 15.2. The standard InChI is InChI=1S/C16H35N3/c1-3-18(4-2)15-16-11-7-10-14-19(16)13-9-6-5-8-12-17/h16H,3-15,17H2,1-2H3. The van der Waals surface area contributed by atoms with Crippen molar-refractivity contribution >= 4 is 0 Å². The van der Waals surface area contributed by atoms with Gasteiger partial charge in [-0.15, -0.1) is 0 Å². The van der Waals surface area contributed by atoms with Gasteiger partial charge in [0.05, 0.1) is 0 Å². The van der Waals surface area contributed by atoms with Crippen molar-refractivity contribution in [2.75, 3.05) is 39.3 Å². The van der Waals surface area contributed by atoms with Crippen molar-refractivity contribution in [3.63, 3.8) is 0 Å². The fourth-order valence-electron chi connectivity index (χ4n) is 3.15. The highest BCUT2D eigenvalue weighted by molar-refractivity contribution is 4.79. The molecule has 3 heteroatoms. The van der Waals surface area contributed by atoms with Crippen LogP contribution in [0.5, 0.6) is 0 Å². The summed E-state index contributed by atoms with van der Waals surface area (Å²) < 4.78 is 0. The van der Waals surface area contributed by atoms with Gasteiger partial charge >= 0.3 is 0 Å². The summed E-state index contributed by atoms with van der Waals surface area (Å²) in [5.74, 6) is 0. The third-order valence-electron chi connectivity index (χ3n) is 4.51. The quantitative estimate of drug-likeness (QED) is 0.619. The molecule has 114 valence electrons. The summed E-state index contributed by atoms with van der Waals surface area (Å²) >= 11 is 0. The van der Waals surface area contributed by atoms with E-state index < -0.39 is 0 Å². The second-order valence-electron chi connectivity index (χ2n) is 5.87. The topological polar surface area (TPSA) is 32.5 Å². The Kier molecular flexibility index (Phi) is 9.48. The number of nitrogens with zero attached hydrogens (tertiary/aromatic N) is 2. The number of nitrogens with two attached hydrogens (primary N) is 1. The Morgan fingerprint density at radius 3 is 2.47 bits per heavy atom. The average molecular weight is 269 g/mol. The third-order valence-corrected chi connectivity index (χ3v) is 4.51. The SMILES string of the molecule is CCN(CC)CC1CCCCN1CCCCCCN. The molecule has 0 saturated carbocycles. The van der Waals surface area contributed by atoms with Crippen LogP contribution in [-0.4, -0.2) is 55.1 Å². The van der Waals surface area contributed by atoms with Crippen LogP contribution in [0.3, 0.4) is 0 Å². The van der Waals surface area contributed by atoms with E-state index in [0.717, 1.165) is 12.6 Å². The van der Waals surface area contributed by atoms with Gasteiger partial charge in [-0.25, -0.2) is 0 Å². The molecule has 1 saturated heterocycles. The lowest BCUT2D eigenvalue weighted by Gasteiger charge is -2.38. The van der Waals surface area contributed by atoms with E-state index in [1.54, 1.807) is 0 Å². The Balaban J connectivity index is 2.27. The summed E-state index contributed by atoms with van der Waals surface area (Å²) in [5, 5.41) is 0. The van der Waals surface area contributed by atoms with E-state index in [4.69, 9.17) is 5.73 Å². The molecular weight excluding hydrogens is 234 g/mol. The Bertz CT molecular complexity index is 204. The van der Waals surface area contributed by atoms with Crippen molar-refractivity contribution in [2.24, 2.45) is 5.73 Å². The molecule has 3 nitrogen and oxygen atoms in total. The van der Waals surface area contributed by atoms with Gasteiger partial charge in [0.2, 0.25) is 0 Å². The van der Waals surface area contributed by atoms with Crippen molar-refractivity contribution in [1.29, 1.82) is 0 Å². The molecule has 1 rings (SSSR count). The molecule has 1 heterocycles. The molecule has 2 N–H and O–H groups in total. The molecule has 0 aromatic rings. The zero-order valence-corrected chi connectivity index (χ0v) is 13.2. The number of unbranched alkanes of at least 4 members (excludes halogenated alkanes) is 3. The molecule has 1 atom stereocenters. The van der Waals surface area contributed by atoms with Crippen LogP contribution >= 0.6 is 0 Å². The van der Waals surface area contributed by atoms with Crippen molar-refractivity contribution in [3.05, 3.63) is 0 Å². The zero-order chi connectivity index (χ0) is 13.9. The van der Waals surface area contributed by atoms with Crippen LogP contribution in [0.15, 0.2) is 0 Å². The number of piperidine rings is 1. The summed E-state index contributed by atoms with van der Waals surface area (Å²) in [6, 6.07) is 0.808. The van der Waals surface area contributed by atoms with E-state index in [9.17, 15) is 0 Å². The largest absolute Gasteiger partial charge is 0.330 e. The maximum atomic E-state index is 5.55. The van der Waals surface area contributed by atoms with E-state index in [-0.39, 0.29) is 0 Å². The van der Waals surface area contributed by atoms with Crippen LogP contribution in [0.4, 0.5) is 0 Å². The van der Waals surface area contributed by atoms with Gasteiger partial charge in [-0.2, -0.15) is 0 Å². The van der Waals surface area contributed by atoms with Gasteiger partial charge in [0.15, 0.2) is 0 Å². The molecular formula is C16H35N3. The molecule has 1 aliphatic heterocycles. The Hall–Kier alpha value is -0.120. The number of rotatable bonds is 10. The van der Waals surface area contributed by atoms with Gasteiger partial charge < -0.3 is 10.6 Å². The van der Waals surface area contributed by atoms with Gasteiger partial charge in [0.1, 0.15) is 0 Å². The van der Waals surface area contributed by atoms with Crippen LogP contribution in [-0.2, 0) is 0 Å². The molecule has 1 fully saturated rings. The highest BCUT2D eigenvalue weighted by Gasteiger charge is 2.23. The van der Waals surface area contributed by atoms with Crippen LogP contribution in [0.2, 0.25) is 0 Å². The van der Waals surface area contributed by atoms with Crippen LogP contribution < -0.4 is 5.73 Å². The maximum absolute atomic E-state index is 5.55. The minimum Gasteiger partial charge on any atom is -0.330 e. The molecule has 19 heavy (non-hydrogen) atoms. The third kappa shape index (κ3) is 6.73. The van der Waals surface area contributed by atoms with E-state index in [1.807, 2.05) is 0 Å². The van der Waals surface area contributed by atoms with Gasteiger partial charge in [0.25, 0.3) is 0 Å². The van der Waals surface area contributed by atoms with Gasteiger partial charge in [-0.3, -0.25) is 4.90 Å². The van der Waals surface area contributed by atoms with Crippen molar-refractivity contribution in [1.82, 2.24) is 9.80 Å².